The maximum atomic E-state index is 3.52. The van der Waals surface area contributed by atoms with Crippen molar-refractivity contribution >= 4 is 0 Å². The van der Waals surface area contributed by atoms with Crippen LogP contribution in [0.5, 0.6) is 0 Å². The van der Waals surface area contributed by atoms with Gasteiger partial charge in [0.05, 0.1) is 0 Å². The van der Waals surface area contributed by atoms with Gasteiger partial charge in [0, 0.05) is 25.2 Å². The molecule has 0 aromatic heterocycles. The molecule has 1 saturated carbocycles. The van der Waals surface area contributed by atoms with Gasteiger partial charge in [-0.25, -0.2) is 0 Å². The van der Waals surface area contributed by atoms with Gasteiger partial charge in [-0.3, -0.25) is 4.90 Å². The number of nitrogens with zero attached hydrogens (tertiary/aromatic N) is 1. The highest BCUT2D eigenvalue weighted by Gasteiger charge is 2.36. The molecular formula is C12H22N2. The van der Waals surface area contributed by atoms with Gasteiger partial charge in [-0.1, -0.05) is 11.6 Å². The van der Waals surface area contributed by atoms with E-state index in [0.717, 1.165) is 0 Å². The highest BCUT2D eigenvalue weighted by molar-refractivity contribution is 5.07. The summed E-state index contributed by atoms with van der Waals surface area (Å²) in [6.07, 6.45) is 7.75. The number of rotatable bonds is 3. The second-order valence-corrected chi connectivity index (χ2v) is 4.93. The molecule has 1 fully saturated rings. The topological polar surface area (TPSA) is 15.3 Å². The van der Waals surface area contributed by atoms with Crippen LogP contribution < -0.4 is 5.32 Å². The molecular weight excluding hydrogens is 172 g/mol. The van der Waals surface area contributed by atoms with E-state index in [1.54, 1.807) is 5.57 Å². The average Bonchev–Trinajstić information content (AvgIpc) is 2.11. The van der Waals surface area contributed by atoms with Crippen LogP contribution in [-0.2, 0) is 0 Å². The third kappa shape index (κ3) is 2.01. The van der Waals surface area contributed by atoms with Crippen molar-refractivity contribution in [2.24, 2.45) is 0 Å². The average molecular weight is 194 g/mol. The van der Waals surface area contributed by atoms with Crippen molar-refractivity contribution in [2.75, 3.05) is 26.7 Å². The monoisotopic (exact) mass is 194 g/mol. The number of likely N-dealkylation sites (N-methyl/N-ethyl adjacent to an activating group) is 1. The van der Waals surface area contributed by atoms with Crippen LogP contribution in [0.25, 0.3) is 0 Å². The van der Waals surface area contributed by atoms with Crippen LogP contribution in [0.3, 0.4) is 0 Å². The zero-order chi connectivity index (χ0) is 10.0. The number of hydrogen-bond acceptors (Lipinski definition) is 2. The van der Waals surface area contributed by atoms with Crippen molar-refractivity contribution in [3.63, 3.8) is 0 Å². The van der Waals surface area contributed by atoms with E-state index < -0.39 is 0 Å². The summed E-state index contributed by atoms with van der Waals surface area (Å²) in [4.78, 5) is 2.60. The first kappa shape index (κ1) is 10.2. The SMILES string of the molecule is CNC1(CN2CCC=C(C)C2)CCC1. The number of hydrogen-bond donors (Lipinski definition) is 1. The summed E-state index contributed by atoms with van der Waals surface area (Å²) in [6.45, 7) is 5.93. The Hall–Kier alpha value is -0.340. The molecule has 2 heteroatoms. The highest BCUT2D eigenvalue weighted by Crippen LogP contribution is 2.32. The molecule has 0 radical (unpaired) electrons. The molecule has 2 rings (SSSR count). The second-order valence-electron chi connectivity index (χ2n) is 4.93. The normalized spacial score (nSPS) is 26.9. The number of nitrogens with one attached hydrogen (secondary N) is 1. The smallest absolute Gasteiger partial charge is 0.0306 e. The maximum Gasteiger partial charge on any atom is 0.0306 e. The fourth-order valence-corrected chi connectivity index (χ4v) is 2.64. The van der Waals surface area contributed by atoms with Crippen molar-refractivity contribution in [1.82, 2.24) is 10.2 Å². The lowest BCUT2D eigenvalue weighted by atomic mass is 9.76. The summed E-state index contributed by atoms with van der Waals surface area (Å²) >= 11 is 0. The summed E-state index contributed by atoms with van der Waals surface area (Å²) in [7, 11) is 2.12. The molecule has 0 aromatic rings. The van der Waals surface area contributed by atoms with Crippen LogP contribution >= 0.6 is 0 Å². The zero-order valence-electron chi connectivity index (χ0n) is 9.47. The van der Waals surface area contributed by atoms with Gasteiger partial charge in [-0.2, -0.15) is 0 Å². The van der Waals surface area contributed by atoms with Crippen LogP contribution in [0, 0.1) is 0 Å². The molecule has 1 heterocycles. The molecule has 0 unspecified atom stereocenters. The highest BCUT2D eigenvalue weighted by atomic mass is 15.2. The zero-order valence-corrected chi connectivity index (χ0v) is 9.47. The standard InChI is InChI=1S/C12H22N2/c1-11-5-3-8-14(9-11)10-12(13-2)6-4-7-12/h5,13H,3-4,6-10H2,1-2H3. The minimum atomic E-state index is 0.456. The van der Waals surface area contributed by atoms with Gasteiger partial charge in [0.1, 0.15) is 0 Å². The predicted octanol–water partition coefficient (Wildman–Crippen LogP) is 1.78. The fraction of sp³-hybridized carbons (Fsp3) is 0.833. The molecule has 1 N–H and O–H groups in total. The Labute approximate surface area is 87.4 Å². The molecule has 80 valence electrons. The fourth-order valence-electron chi connectivity index (χ4n) is 2.64. The summed E-state index contributed by atoms with van der Waals surface area (Å²) < 4.78 is 0. The molecule has 0 bridgehead atoms. The minimum absolute atomic E-state index is 0.456. The lowest BCUT2D eigenvalue weighted by Gasteiger charge is -2.45. The first-order valence-corrected chi connectivity index (χ1v) is 5.81. The van der Waals surface area contributed by atoms with Gasteiger partial charge in [0.25, 0.3) is 0 Å². The molecule has 0 spiro atoms. The molecule has 1 aliphatic carbocycles. The van der Waals surface area contributed by atoms with Crippen molar-refractivity contribution in [3.8, 4) is 0 Å². The molecule has 0 saturated heterocycles. The predicted molar refractivity (Wildman–Crippen MR) is 60.5 cm³/mol. The Morgan fingerprint density at radius 3 is 2.79 bits per heavy atom. The Morgan fingerprint density at radius 2 is 2.29 bits per heavy atom. The van der Waals surface area contributed by atoms with Crippen LogP contribution in [0.1, 0.15) is 32.6 Å². The van der Waals surface area contributed by atoms with E-state index in [1.165, 1.54) is 45.3 Å². The van der Waals surface area contributed by atoms with E-state index >= 15 is 0 Å². The first-order valence-electron chi connectivity index (χ1n) is 5.81. The van der Waals surface area contributed by atoms with Crippen LogP contribution in [-0.4, -0.2) is 37.1 Å². The first-order chi connectivity index (χ1) is 6.74. The molecule has 0 atom stereocenters. The lowest BCUT2D eigenvalue weighted by Crippen LogP contribution is -2.57. The third-order valence-corrected chi connectivity index (χ3v) is 3.78. The Balaban J connectivity index is 1.88. The van der Waals surface area contributed by atoms with Gasteiger partial charge in [0.15, 0.2) is 0 Å². The molecule has 0 amide bonds. The third-order valence-electron chi connectivity index (χ3n) is 3.78. The largest absolute Gasteiger partial charge is 0.313 e. The van der Waals surface area contributed by atoms with E-state index in [-0.39, 0.29) is 0 Å². The summed E-state index contributed by atoms with van der Waals surface area (Å²) in [5, 5.41) is 3.52. The van der Waals surface area contributed by atoms with E-state index in [4.69, 9.17) is 0 Å². The maximum absolute atomic E-state index is 3.52. The Kier molecular flexibility index (Phi) is 2.93. The van der Waals surface area contributed by atoms with Crippen molar-refractivity contribution < 1.29 is 0 Å². The van der Waals surface area contributed by atoms with Crippen LogP contribution in [0.2, 0.25) is 0 Å². The molecule has 2 nitrogen and oxygen atoms in total. The van der Waals surface area contributed by atoms with Gasteiger partial charge in [-0.05, 0) is 39.7 Å². The molecule has 0 aromatic carbocycles. The van der Waals surface area contributed by atoms with E-state index in [0.29, 0.717) is 5.54 Å². The minimum Gasteiger partial charge on any atom is -0.313 e. The lowest BCUT2D eigenvalue weighted by molar-refractivity contribution is 0.120. The van der Waals surface area contributed by atoms with E-state index in [1.807, 2.05) is 0 Å². The van der Waals surface area contributed by atoms with E-state index in [9.17, 15) is 0 Å². The molecule has 14 heavy (non-hydrogen) atoms. The van der Waals surface area contributed by atoms with Gasteiger partial charge < -0.3 is 5.32 Å². The quantitative estimate of drug-likeness (QED) is 0.689. The van der Waals surface area contributed by atoms with Crippen molar-refractivity contribution in [1.29, 1.82) is 0 Å². The van der Waals surface area contributed by atoms with Gasteiger partial charge >= 0.3 is 0 Å². The van der Waals surface area contributed by atoms with E-state index in [2.05, 4.69) is 30.3 Å². The summed E-state index contributed by atoms with van der Waals surface area (Å²) in [5.74, 6) is 0. The summed E-state index contributed by atoms with van der Waals surface area (Å²) in [5.41, 5.74) is 2.00. The van der Waals surface area contributed by atoms with Gasteiger partial charge in [-0.15, -0.1) is 0 Å². The Morgan fingerprint density at radius 1 is 1.50 bits per heavy atom. The van der Waals surface area contributed by atoms with Gasteiger partial charge in [0.2, 0.25) is 0 Å². The van der Waals surface area contributed by atoms with Crippen LogP contribution in [0.4, 0.5) is 0 Å². The molecule has 1 aliphatic heterocycles. The Bertz CT molecular complexity index is 223. The second kappa shape index (κ2) is 4.03. The van der Waals surface area contributed by atoms with Crippen molar-refractivity contribution in [3.05, 3.63) is 11.6 Å². The van der Waals surface area contributed by atoms with Crippen molar-refractivity contribution in [2.45, 2.75) is 38.1 Å². The summed E-state index contributed by atoms with van der Waals surface area (Å²) in [6, 6.07) is 0. The van der Waals surface area contributed by atoms with Crippen LogP contribution in [0.15, 0.2) is 11.6 Å². The molecule has 2 aliphatic rings.